The molecule has 0 bridgehead atoms. The molecule has 0 saturated carbocycles. The molecule has 0 amide bonds. The number of anilines is 1. The summed E-state index contributed by atoms with van der Waals surface area (Å²) in [6, 6.07) is 4.65. The van der Waals surface area contributed by atoms with Crippen LogP contribution in [0.25, 0.3) is 0 Å². The van der Waals surface area contributed by atoms with Crippen LogP contribution in [0.15, 0.2) is 18.2 Å². The first-order chi connectivity index (χ1) is 9.47. The predicted molar refractivity (Wildman–Crippen MR) is 81.6 cm³/mol. The third-order valence-corrected chi connectivity index (χ3v) is 4.11. The number of halogens is 1. The molecule has 0 aromatic heterocycles. The van der Waals surface area contributed by atoms with E-state index in [4.69, 9.17) is 11.6 Å². The molecular weight excluding hydrogens is 278 g/mol. The van der Waals surface area contributed by atoms with Crippen LogP contribution in [-0.4, -0.2) is 43.6 Å². The van der Waals surface area contributed by atoms with E-state index in [0.717, 1.165) is 18.8 Å². The Morgan fingerprint density at radius 1 is 1.55 bits per heavy atom. The van der Waals surface area contributed by atoms with Gasteiger partial charge < -0.3 is 9.80 Å². The van der Waals surface area contributed by atoms with Gasteiger partial charge in [-0.2, -0.15) is 0 Å². The normalized spacial score (nSPS) is 19.9. The third kappa shape index (κ3) is 3.61. The lowest BCUT2D eigenvalue weighted by atomic mass is 9.98. The molecule has 110 valence electrons. The number of piperidine rings is 1. The fourth-order valence-electron chi connectivity index (χ4n) is 2.83. The SMILES string of the molecule is CN1CCCC(CN(C)c2ccc([N+](=O)[O-])cc2Cl)C1. The highest BCUT2D eigenvalue weighted by molar-refractivity contribution is 6.33. The van der Waals surface area contributed by atoms with Gasteiger partial charge in [0.1, 0.15) is 0 Å². The molecule has 1 aromatic carbocycles. The Kier molecular flexibility index (Phi) is 4.83. The van der Waals surface area contributed by atoms with Crippen LogP contribution in [0, 0.1) is 16.0 Å². The molecule has 1 fully saturated rings. The standard InChI is InChI=1S/C14H20ClN3O2/c1-16-7-3-4-11(9-16)10-17(2)14-6-5-12(18(19)20)8-13(14)15/h5-6,8,11H,3-4,7,9-10H2,1-2H3. The van der Waals surface area contributed by atoms with Gasteiger partial charge in [0.2, 0.25) is 0 Å². The summed E-state index contributed by atoms with van der Waals surface area (Å²) in [6.07, 6.45) is 2.45. The van der Waals surface area contributed by atoms with E-state index in [1.807, 2.05) is 7.05 Å². The summed E-state index contributed by atoms with van der Waals surface area (Å²) in [5, 5.41) is 11.2. The average molecular weight is 298 g/mol. The maximum Gasteiger partial charge on any atom is 0.271 e. The summed E-state index contributed by atoms with van der Waals surface area (Å²) < 4.78 is 0. The van der Waals surface area contributed by atoms with Gasteiger partial charge in [0.05, 0.1) is 15.6 Å². The molecule has 1 unspecified atom stereocenters. The molecule has 1 aromatic rings. The van der Waals surface area contributed by atoms with Gasteiger partial charge in [0.15, 0.2) is 0 Å². The number of non-ortho nitro benzene ring substituents is 1. The van der Waals surface area contributed by atoms with E-state index >= 15 is 0 Å². The lowest BCUT2D eigenvalue weighted by Gasteiger charge is -2.33. The van der Waals surface area contributed by atoms with E-state index in [9.17, 15) is 10.1 Å². The zero-order chi connectivity index (χ0) is 14.7. The van der Waals surface area contributed by atoms with E-state index < -0.39 is 4.92 Å². The van der Waals surface area contributed by atoms with E-state index in [0.29, 0.717) is 10.9 Å². The molecule has 1 heterocycles. The highest BCUT2D eigenvalue weighted by Crippen LogP contribution is 2.30. The molecule has 6 heteroatoms. The highest BCUT2D eigenvalue weighted by Gasteiger charge is 2.20. The Morgan fingerprint density at radius 3 is 2.90 bits per heavy atom. The van der Waals surface area contributed by atoms with Gasteiger partial charge >= 0.3 is 0 Å². The minimum absolute atomic E-state index is 0.0320. The molecule has 1 aliphatic rings. The molecule has 5 nitrogen and oxygen atoms in total. The molecule has 1 aliphatic heterocycles. The molecule has 2 rings (SSSR count). The molecule has 20 heavy (non-hydrogen) atoms. The van der Waals surface area contributed by atoms with Gasteiger partial charge in [-0.25, -0.2) is 0 Å². The van der Waals surface area contributed by atoms with E-state index in [1.165, 1.54) is 31.5 Å². The van der Waals surface area contributed by atoms with Gasteiger partial charge in [0.25, 0.3) is 5.69 Å². The summed E-state index contributed by atoms with van der Waals surface area (Å²) in [5.74, 6) is 0.616. The van der Waals surface area contributed by atoms with Crippen LogP contribution in [0.3, 0.4) is 0 Å². The van der Waals surface area contributed by atoms with Gasteiger partial charge in [-0.1, -0.05) is 11.6 Å². The van der Waals surface area contributed by atoms with Crippen LogP contribution in [0.4, 0.5) is 11.4 Å². The summed E-state index contributed by atoms with van der Waals surface area (Å²) in [6.45, 7) is 3.18. The van der Waals surface area contributed by atoms with Crippen molar-refractivity contribution in [2.75, 3.05) is 38.6 Å². The zero-order valence-electron chi connectivity index (χ0n) is 11.9. The molecule has 0 aliphatic carbocycles. The van der Waals surface area contributed by atoms with Crippen LogP contribution < -0.4 is 4.90 Å². The minimum Gasteiger partial charge on any atom is -0.373 e. The molecule has 1 atom stereocenters. The van der Waals surface area contributed by atoms with Crippen molar-refractivity contribution in [1.82, 2.24) is 4.90 Å². The summed E-state index contributed by atoms with van der Waals surface area (Å²) in [4.78, 5) is 14.7. The smallest absolute Gasteiger partial charge is 0.271 e. The van der Waals surface area contributed by atoms with E-state index in [-0.39, 0.29) is 5.69 Å². The second kappa shape index (κ2) is 6.41. The van der Waals surface area contributed by atoms with Gasteiger partial charge in [-0.15, -0.1) is 0 Å². The molecule has 0 N–H and O–H groups in total. The van der Waals surface area contributed by atoms with Crippen LogP contribution in [-0.2, 0) is 0 Å². The number of likely N-dealkylation sites (tertiary alicyclic amines) is 1. The van der Waals surface area contributed by atoms with Crippen molar-refractivity contribution in [3.63, 3.8) is 0 Å². The lowest BCUT2D eigenvalue weighted by molar-refractivity contribution is -0.384. The largest absolute Gasteiger partial charge is 0.373 e. The Balaban J connectivity index is 2.05. The van der Waals surface area contributed by atoms with Crippen LogP contribution in [0.5, 0.6) is 0 Å². The van der Waals surface area contributed by atoms with Gasteiger partial charge in [0, 0.05) is 32.3 Å². The van der Waals surface area contributed by atoms with E-state index in [2.05, 4.69) is 16.8 Å². The number of nitro benzene ring substituents is 1. The van der Waals surface area contributed by atoms with Crippen LogP contribution in [0.2, 0.25) is 5.02 Å². The maximum absolute atomic E-state index is 10.7. The Morgan fingerprint density at radius 2 is 2.30 bits per heavy atom. The molecule has 1 saturated heterocycles. The van der Waals surface area contributed by atoms with Crippen LogP contribution in [0.1, 0.15) is 12.8 Å². The fraction of sp³-hybridized carbons (Fsp3) is 0.571. The Hall–Kier alpha value is -1.33. The topological polar surface area (TPSA) is 49.6 Å². The van der Waals surface area contributed by atoms with Crippen molar-refractivity contribution in [1.29, 1.82) is 0 Å². The molecule has 0 radical (unpaired) electrons. The summed E-state index contributed by atoms with van der Waals surface area (Å²) >= 11 is 6.16. The van der Waals surface area contributed by atoms with Crippen molar-refractivity contribution in [2.45, 2.75) is 12.8 Å². The minimum atomic E-state index is -0.425. The van der Waals surface area contributed by atoms with Gasteiger partial charge in [-0.05, 0) is 38.4 Å². The van der Waals surface area contributed by atoms with Crippen molar-refractivity contribution in [3.8, 4) is 0 Å². The monoisotopic (exact) mass is 297 g/mol. The summed E-state index contributed by atoms with van der Waals surface area (Å²) in [5.41, 5.74) is 0.884. The fourth-order valence-corrected chi connectivity index (χ4v) is 3.15. The zero-order valence-corrected chi connectivity index (χ0v) is 12.6. The lowest BCUT2D eigenvalue weighted by Crippen LogP contribution is -2.38. The average Bonchev–Trinajstić information content (AvgIpc) is 2.38. The predicted octanol–water partition coefficient (Wildman–Crippen LogP) is 3.03. The maximum atomic E-state index is 10.7. The molecular formula is C14H20ClN3O2. The van der Waals surface area contributed by atoms with Crippen molar-refractivity contribution >= 4 is 23.0 Å². The number of rotatable bonds is 4. The summed E-state index contributed by atoms with van der Waals surface area (Å²) in [7, 11) is 4.13. The Bertz CT molecular complexity index is 495. The first-order valence-corrected chi connectivity index (χ1v) is 7.19. The molecule has 0 spiro atoms. The van der Waals surface area contributed by atoms with Crippen molar-refractivity contribution < 1.29 is 4.92 Å². The number of benzene rings is 1. The van der Waals surface area contributed by atoms with Crippen molar-refractivity contribution in [3.05, 3.63) is 33.3 Å². The second-order valence-electron chi connectivity index (χ2n) is 5.54. The number of hydrogen-bond acceptors (Lipinski definition) is 4. The Labute approximate surface area is 124 Å². The van der Waals surface area contributed by atoms with Gasteiger partial charge in [-0.3, -0.25) is 10.1 Å². The second-order valence-corrected chi connectivity index (χ2v) is 5.95. The quantitative estimate of drug-likeness (QED) is 0.633. The number of nitro groups is 1. The highest BCUT2D eigenvalue weighted by atomic mass is 35.5. The van der Waals surface area contributed by atoms with E-state index in [1.54, 1.807) is 6.07 Å². The van der Waals surface area contributed by atoms with Crippen molar-refractivity contribution in [2.24, 2.45) is 5.92 Å². The first kappa shape index (κ1) is 15.1. The first-order valence-electron chi connectivity index (χ1n) is 6.81. The third-order valence-electron chi connectivity index (χ3n) is 3.81. The van der Waals surface area contributed by atoms with Crippen LogP contribution >= 0.6 is 11.6 Å². The number of nitrogens with zero attached hydrogens (tertiary/aromatic N) is 3. The number of hydrogen-bond donors (Lipinski definition) is 0.